The number of thioether (sulfide) groups is 1. The number of non-ortho nitro benzene ring substituents is 1. The first kappa shape index (κ1) is 32.7. The van der Waals surface area contributed by atoms with Crippen molar-refractivity contribution in [2.75, 3.05) is 4.90 Å². The summed E-state index contributed by atoms with van der Waals surface area (Å²) < 4.78 is 6.52. The van der Waals surface area contributed by atoms with Crippen molar-refractivity contribution in [3.63, 3.8) is 0 Å². The van der Waals surface area contributed by atoms with Crippen molar-refractivity contribution in [2.45, 2.75) is 29.7 Å². The highest BCUT2D eigenvalue weighted by atomic mass is 32.2. The number of benzene rings is 5. The van der Waals surface area contributed by atoms with Crippen LogP contribution in [0.2, 0.25) is 0 Å². The predicted octanol–water partition coefficient (Wildman–Crippen LogP) is 8.41. The molecule has 1 amide bonds. The number of hydrogen-bond acceptors (Lipinski definition) is 10. The number of anilines is 1. The molecule has 1 aromatic heterocycles. The molecule has 0 aliphatic carbocycles. The van der Waals surface area contributed by atoms with E-state index in [0.717, 1.165) is 38.8 Å². The lowest BCUT2D eigenvalue weighted by Crippen LogP contribution is -2.29. The molecule has 7 rings (SSSR count). The van der Waals surface area contributed by atoms with Gasteiger partial charge in [-0.3, -0.25) is 24.6 Å². The summed E-state index contributed by atoms with van der Waals surface area (Å²) in [6.45, 7) is 2.36. The molecule has 12 heteroatoms. The van der Waals surface area contributed by atoms with Crippen molar-refractivity contribution < 1.29 is 24.4 Å². The molecule has 0 radical (unpaired) electrons. The lowest BCUT2D eigenvalue weighted by molar-refractivity contribution is -0.384. The standard InChI is InChI=1S/C38H28N4O6S2/c1-23-7-2-3-9-27(23)21-48-30-19-15-26(16-20-30)34(43)32-33(25-13-17-29(18-14-25)42(46)47)41(36(45)35(32)44)37-39-40-38(50-37)49-22-28-11-6-10-24-8-4-5-12-31(24)28/h2-20,33,43H,21-22H2,1H3/b34-32+. The maximum atomic E-state index is 13.7. The average Bonchev–Trinajstić information content (AvgIpc) is 3.71. The van der Waals surface area contributed by atoms with Gasteiger partial charge in [-0.15, -0.1) is 10.2 Å². The van der Waals surface area contributed by atoms with Crippen molar-refractivity contribution in [1.82, 2.24) is 10.2 Å². The van der Waals surface area contributed by atoms with Crippen LogP contribution in [0.4, 0.5) is 10.8 Å². The molecule has 2 heterocycles. The Bertz CT molecular complexity index is 2280. The normalized spacial score (nSPS) is 15.5. The van der Waals surface area contributed by atoms with Crippen LogP contribution in [0.1, 0.15) is 33.9 Å². The predicted molar refractivity (Wildman–Crippen MR) is 193 cm³/mol. The molecule has 1 fully saturated rings. The Balaban J connectivity index is 1.20. The van der Waals surface area contributed by atoms with E-state index in [1.807, 2.05) is 55.5 Å². The topological polar surface area (TPSA) is 136 Å². The van der Waals surface area contributed by atoms with E-state index in [9.17, 15) is 24.8 Å². The molecule has 6 aromatic rings. The molecule has 1 unspecified atom stereocenters. The summed E-state index contributed by atoms with van der Waals surface area (Å²) in [7, 11) is 0. The van der Waals surface area contributed by atoms with Crippen LogP contribution >= 0.6 is 23.1 Å². The summed E-state index contributed by atoms with van der Waals surface area (Å²) in [6.07, 6.45) is 0. The number of ketones is 1. The Kier molecular flexibility index (Phi) is 9.11. The Morgan fingerprint density at radius 1 is 0.900 bits per heavy atom. The number of nitro benzene ring substituents is 1. The largest absolute Gasteiger partial charge is 0.507 e. The van der Waals surface area contributed by atoms with E-state index in [1.54, 1.807) is 24.3 Å². The number of aliphatic hydroxyl groups is 1. The number of rotatable bonds is 10. The van der Waals surface area contributed by atoms with Gasteiger partial charge in [0.05, 0.1) is 16.5 Å². The molecule has 1 N–H and O–H groups in total. The van der Waals surface area contributed by atoms with E-state index in [1.165, 1.54) is 40.9 Å². The molecular formula is C38H28N4O6S2. The lowest BCUT2D eigenvalue weighted by atomic mass is 9.95. The zero-order valence-corrected chi connectivity index (χ0v) is 28.2. The minimum absolute atomic E-state index is 0.157. The Labute approximate surface area is 294 Å². The molecular weight excluding hydrogens is 673 g/mol. The fourth-order valence-electron chi connectivity index (χ4n) is 5.84. The number of carbonyl (C=O) groups excluding carboxylic acids is 2. The number of nitrogens with zero attached hydrogens (tertiary/aromatic N) is 4. The highest BCUT2D eigenvalue weighted by molar-refractivity contribution is 8.00. The minimum Gasteiger partial charge on any atom is -0.507 e. The third kappa shape index (κ3) is 6.46. The second-order valence-corrected chi connectivity index (χ2v) is 13.7. The quantitative estimate of drug-likeness (QED) is 0.0284. The van der Waals surface area contributed by atoms with Gasteiger partial charge >= 0.3 is 5.91 Å². The maximum absolute atomic E-state index is 13.7. The van der Waals surface area contributed by atoms with Gasteiger partial charge in [0.25, 0.3) is 11.5 Å². The molecule has 1 aliphatic rings. The number of Topliss-reactive ketones (excluding diaryl/α,β-unsaturated/α-hetero) is 1. The third-order valence-corrected chi connectivity index (χ3v) is 10.6. The average molecular weight is 701 g/mol. The fourth-order valence-corrected chi connectivity index (χ4v) is 7.71. The zero-order chi connectivity index (χ0) is 34.8. The number of carbonyl (C=O) groups is 2. The molecule has 0 saturated carbocycles. The van der Waals surface area contributed by atoms with Crippen LogP contribution < -0.4 is 9.64 Å². The van der Waals surface area contributed by atoms with Crippen LogP contribution in [0.5, 0.6) is 5.75 Å². The molecule has 0 bridgehead atoms. The summed E-state index contributed by atoms with van der Waals surface area (Å²) >= 11 is 2.60. The third-order valence-electron chi connectivity index (χ3n) is 8.48. The second-order valence-electron chi connectivity index (χ2n) is 11.5. The fraction of sp³-hybridized carbons (Fsp3) is 0.105. The Hall–Kier alpha value is -5.85. The number of hydrogen-bond donors (Lipinski definition) is 1. The van der Waals surface area contributed by atoms with Gasteiger partial charge in [0.15, 0.2) is 4.34 Å². The van der Waals surface area contributed by atoms with Crippen molar-refractivity contribution in [3.05, 3.63) is 159 Å². The molecule has 1 aliphatic heterocycles. The smallest absolute Gasteiger partial charge is 0.301 e. The maximum Gasteiger partial charge on any atom is 0.301 e. The molecule has 5 aromatic carbocycles. The van der Waals surface area contributed by atoms with Gasteiger partial charge in [-0.1, -0.05) is 89.8 Å². The zero-order valence-electron chi connectivity index (χ0n) is 26.6. The molecule has 1 atom stereocenters. The van der Waals surface area contributed by atoms with Gasteiger partial charge < -0.3 is 9.84 Å². The van der Waals surface area contributed by atoms with Crippen LogP contribution in [0.15, 0.2) is 125 Å². The van der Waals surface area contributed by atoms with Crippen LogP contribution in [-0.2, 0) is 21.9 Å². The van der Waals surface area contributed by atoms with Crippen LogP contribution in [0, 0.1) is 17.0 Å². The van der Waals surface area contributed by atoms with Crippen molar-refractivity contribution in [3.8, 4) is 5.75 Å². The molecule has 10 nitrogen and oxygen atoms in total. The molecule has 1 saturated heterocycles. The van der Waals surface area contributed by atoms with Crippen molar-refractivity contribution >= 4 is 62.1 Å². The number of amides is 1. The van der Waals surface area contributed by atoms with Gasteiger partial charge in [0.2, 0.25) is 5.13 Å². The minimum atomic E-state index is -1.11. The first-order chi connectivity index (χ1) is 24.3. The monoisotopic (exact) mass is 700 g/mol. The SMILES string of the molecule is Cc1ccccc1COc1ccc(/C(O)=C2\C(=O)C(=O)N(c3nnc(SCc4cccc5ccccc45)s3)C2c2ccc([N+](=O)[O-])cc2)cc1. The van der Waals surface area contributed by atoms with Gasteiger partial charge in [0.1, 0.15) is 18.1 Å². The van der Waals surface area contributed by atoms with Gasteiger partial charge in [-0.2, -0.15) is 0 Å². The van der Waals surface area contributed by atoms with E-state index < -0.39 is 28.4 Å². The van der Waals surface area contributed by atoms with Crippen LogP contribution in [0.3, 0.4) is 0 Å². The summed E-state index contributed by atoms with van der Waals surface area (Å²) in [4.78, 5) is 39.4. The van der Waals surface area contributed by atoms with Crippen molar-refractivity contribution in [1.29, 1.82) is 0 Å². The summed E-state index contributed by atoms with van der Waals surface area (Å²) in [6, 6.07) is 33.1. The van der Waals surface area contributed by atoms with E-state index >= 15 is 0 Å². The summed E-state index contributed by atoms with van der Waals surface area (Å²) in [5.41, 5.74) is 3.60. The van der Waals surface area contributed by atoms with E-state index in [-0.39, 0.29) is 16.4 Å². The number of aliphatic hydroxyl groups excluding tert-OH is 1. The number of nitro groups is 1. The molecule has 0 spiro atoms. The van der Waals surface area contributed by atoms with E-state index in [2.05, 4.69) is 28.4 Å². The summed E-state index contributed by atoms with van der Waals surface area (Å²) in [5, 5.41) is 34.0. The molecule has 50 heavy (non-hydrogen) atoms. The highest BCUT2D eigenvalue weighted by Gasteiger charge is 2.48. The first-order valence-electron chi connectivity index (χ1n) is 15.5. The lowest BCUT2D eigenvalue weighted by Gasteiger charge is -2.22. The van der Waals surface area contributed by atoms with Gasteiger partial charge in [-0.05, 0) is 76.3 Å². The van der Waals surface area contributed by atoms with E-state index in [4.69, 9.17) is 4.74 Å². The highest BCUT2D eigenvalue weighted by Crippen LogP contribution is 2.44. The number of fused-ring (bicyclic) bond motifs is 1. The van der Waals surface area contributed by atoms with Gasteiger partial charge in [-0.25, -0.2) is 0 Å². The molecule has 248 valence electrons. The van der Waals surface area contributed by atoms with Gasteiger partial charge in [0, 0.05) is 23.4 Å². The van der Waals surface area contributed by atoms with Crippen LogP contribution in [-0.4, -0.2) is 31.9 Å². The first-order valence-corrected chi connectivity index (χ1v) is 17.3. The number of aryl methyl sites for hydroxylation is 1. The Morgan fingerprint density at radius 2 is 1.60 bits per heavy atom. The van der Waals surface area contributed by atoms with Crippen molar-refractivity contribution in [2.24, 2.45) is 0 Å². The Morgan fingerprint density at radius 3 is 2.36 bits per heavy atom. The summed E-state index contributed by atoms with van der Waals surface area (Å²) in [5.74, 6) is -1.04. The second kappa shape index (κ2) is 13.9. The number of aromatic nitrogens is 2. The van der Waals surface area contributed by atoms with Crippen LogP contribution in [0.25, 0.3) is 16.5 Å². The number of ether oxygens (including phenoxy) is 1. The van der Waals surface area contributed by atoms with E-state index in [0.29, 0.717) is 33.6 Å².